The van der Waals surface area contributed by atoms with E-state index in [1.807, 2.05) is 29.8 Å². The first-order valence-corrected chi connectivity index (χ1v) is 7.76. The number of aromatic nitrogens is 1. The Morgan fingerprint density at radius 1 is 1.35 bits per heavy atom. The quantitative estimate of drug-likeness (QED) is 0.917. The van der Waals surface area contributed by atoms with Crippen molar-refractivity contribution in [2.75, 3.05) is 27.4 Å². The fourth-order valence-corrected chi connectivity index (χ4v) is 3.07. The molecule has 1 atom stereocenters. The standard InChI is InChI=1S/C17H22N2O4/c1-19-13(17(20)18-10-11-5-4-8-23-11)9-12-14(21-2)6-7-15(22-3)16(12)19/h6-7,9,11H,4-5,8,10H2,1-3H3,(H,18,20)/t11-/m1/s1. The van der Waals surface area contributed by atoms with Crippen LogP contribution in [0.1, 0.15) is 23.3 Å². The predicted molar refractivity (Wildman–Crippen MR) is 87.3 cm³/mol. The van der Waals surface area contributed by atoms with Gasteiger partial charge in [-0.3, -0.25) is 4.79 Å². The Hall–Kier alpha value is -2.21. The van der Waals surface area contributed by atoms with Gasteiger partial charge in [0.15, 0.2) is 0 Å². The highest BCUT2D eigenvalue weighted by molar-refractivity contribution is 6.02. The lowest BCUT2D eigenvalue weighted by atomic mass is 10.2. The van der Waals surface area contributed by atoms with Gasteiger partial charge in [0.25, 0.3) is 5.91 Å². The first kappa shape index (κ1) is 15.7. The van der Waals surface area contributed by atoms with E-state index in [1.165, 1.54) is 0 Å². The molecule has 1 N–H and O–H groups in total. The molecule has 23 heavy (non-hydrogen) atoms. The maximum Gasteiger partial charge on any atom is 0.268 e. The highest BCUT2D eigenvalue weighted by Gasteiger charge is 2.21. The van der Waals surface area contributed by atoms with Crippen LogP contribution < -0.4 is 14.8 Å². The van der Waals surface area contributed by atoms with Crippen LogP contribution in [0.5, 0.6) is 11.5 Å². The summed E-state index contributed by atoms with van der Waals surface area (Å²) >= 11 is 0. The van der Waals surface area contributed by atoms with E-state index < -0.39 is 0 Å². The van der Waals surface area contributed by atoms with Gasteiger partial charge in [-0.05, 0) is 31.0 Å². The number of hydrogen-bond acceptors (Lipinski definition) is 4. The van der Waals surface area contributed by atoms with Crippen molar-refractivity contribution in [1.82, 2.24) is 9.88 Å². The summed E-state index contributed by atoms with van der Waals surface area (Å²) in [6.07, 6.45) is 2.18. The van der Waals surface area contributed by atoms with Crippen LogP contribution in [0, 0.1) is 0 Å². The van der Waals surface area contributed by atoms with E-state index in [2.05, 4.69) is 5.32 Å². The molecule has 2 aromatic rings. The Morgan fingerprint density at radius 2 is 2.09 bits per heavy atom. The van der Waals surface area contributed by atoms with Crippen LogP contribution in [0.4, 0.5) is 0 Å². The third-order valence-corrected chi connectivity index (χ3v) is 4.30. The Labute approximate surface area is 135 Å². The van der Waals surface area contributed by atoms with E-state index in [0.29, 0.717) is 18.0 Å². The van der Waals surface area contributed by atoms with Gasteiger partial charge in [-0.1, -0.05) is 0 Å². The summed E-state index contributed by atoms with van der Waals surface area (Å²) in [5.41, 5.74) is 1.41. The summed E-state index contributed by atoms with van der Waals surface area (Å²) in [6.45, 7) is 1.32. The number of hydrogen-bond donors (Lipinski definition) is 1. The van der Waals surface area contributed by atoms with Gasteiger partial charge in [0.1, 0.15) is 17.2 Å². The number of aryl methyl sites for hydroxylation is 1. The number of ether oxygens (including phenoxy) is 3. The molecule has 124 valence electrons. The molecule has 3 rings (SSSR count). The largest absolute Gasteiger partial charge is 0.496 e. The van der Waals surface area contributed by atoms with Crippen LogP contribution in [0.15, 0.2) is 18.2 Å². The third kappa shape index (κ3) is 2.86. The monoisotopic (exact) mass is 318 g/mol. The summed E-state index contributed by atoms with van der Waals surface area (Å²) in [6, 6.07) is 5.52. The minimum absolute atomic E-state index is 0.122. The van der Waals surface area contributed by atoms with E-state index >= 15 is 0 Å². The number of rotatable bonds is 5. The van der Waals surface area contributed by atoms with E-state index in [-0.39, 0.29) is 12.0 Å². The Morgan fingerprint density at radius 3 is 2.74 bits per heavy atom. The first-order chi connectivity index (χ1) is 11.2. The van der Waals surface area contributed by atoms with E-state index in [9.17, 15) is 4.79 Å². The number of nitrogens with one attached hydrogen (secondary N) is 1. The molecule has 1 amide bonds. The fraction of sp³-hybridized carbons (Fsp3) is 0.471. The smallest absolute Gasteiger partial charge is 0.268 e. The van der Waals surface area contributed by atoms with Crippen molar-refractivity contribution in [3.05, 3.63) is 23.9 Å². The third-order valence-electron chi connectivity index (χ3n) is 4.30. The van der Waals surface area contributed by atoms with Gasteiger partial charge in [-0.2, -0.15) is 0 Å². The second-order valence-electron chi connectivity index (χ2n) is 5.67. The van der Waals surface area contributed by atoms with E-state index in [0.717, 1.165) is 36.1 Å². The minimum Gasteiger partial charge on any atom is -0.496 e. The average Bonchev–Trinajstić information content (AvgIpc) is 3.20. The molecular formula is C17H22N2O4. The molecule has 0 spiro atoms. The zero-order valence-electron chi connectivity index (χ0n) is 13.7. The van der Waals surface area contributed by atoms with E-state index in [1.54, 1.807) is 14.2 Å². The van der Waals surface area contributed by atoms with Crippen LogP contribution in [0.3, 0.4) is 0 Å². The van der Waals surface area contributed by atoms with Crippen LogP contribution >= 0.6 is 0 Å². The highest BCUT2D eigenvalue weighted by atomic mass is 16.5. The van der Waals surface area contributed by atoms with Crippen molar-refractivity contribution in [2.24, 2.45) is 7.05 Å². The molecule has 0 aliphatic carbocycles. The summed E-state index contributed by atoms with van der Waals surface area (Å²) in [5, 5.41) is 3.81. The van der Waals surface area contributed by atoms with Crippen molar-refractivity contribution in [3.8, 4) is 11.5 Å². The minimum atomic E-state index is -0.122. The molecule has 6 nitrogen and oxygen atoms in total. The number of amides is 1. The van der Waals surface area contributed by atoms with Gasteiger partial charge in [-0.25, -0.2) is 0 Å². The van der Waals surface area contributed by atoms with Crippen LogP contribution in [0.25, 0.3) is 10.9 Å². The maximum absolute atomic E-state index is 12.5. The average molecular weight is 318 g/mol. The molecule has 0 bridgehead atoms. The van der Waals surface area contributed by atoms with Crippen molar-refractivity contribution < 1.29 is 19.0 Å². The molecular weight excluding hydrogens is 296 g/mol. The highest BCUT2D eigenvalue weighted by Crippen LogP contribution is 2.35. The van der Waals surface area contributed by atoms with Gasteiger partial charge < -0.3 is 24.1 Å². The molecule has 1 saturated heterocycles. The van der Waals surface area contributed by atoms with Crippen molar-refractivity contribution >= 4 is 16.8 Å². The van der Waals surface area contributed by atoms with E-state index in [4.69, 9.17) is 14.2 Å². The first-order valence-electron chi connectivity index (χ1n) is 7.76. The molecule has 6 heteroatoms. The van der Waals surface area contributed by atoms with Gasteiger partial charge in [-0.15, -0.1) is 0 Å². The number of benzene rings is 1. The zero-order chi connectivity index (χ0) is 16.4. The number of nitrogens with zero attached hydrogens (tertiary/aromatic N) is 1. The Bertz CT molecular complexity index is 717. The molecule has 0 unspecified atom stereocenters. The topological polar surface area (TPSA) is 61.7 Å². The molecule has 1 aromatic carbocycles. The van der Waals surface area contributed by atoms with Gasteiger partial charge in [0.05, 0.1) is 25.8 Å². The summed E-state index contributed by atoms with van der Waals surface area (Å²) in [4.78, 5) is 12.5. The molecule has 1 aromatic heterocycles. The SMILES string of the molecule is COc1ccc(OC)c2c1cc(C(=O)NC[C@H]1CCCO1)n2C. The second-order valence-corrected chi connectivity index (χ2v) is 5.67. The lowest BCUT2D eigenvalue weighted by Crippen LogP contribution is -2.32. The Balaban J connectivity index is 1.91. The number of fused-ring (bicyclic) bond motifs is 1. The number of methoxy groups -OCH3 is 2. The van der Waals surface area contributed by atoms with Crippen molar-refractivity contribution in [2.45, 2.75) is 18.9 Å². The molecule has 1 aliphatic heterocycles. The van der Waals surface area contributed by atoms with Crippen molar-refractivity contribution in [1.29, 1.82) is 0 Å². The second kappa shape index (κ2) is 6.50. The zero-order valence-corrected chi connectivity index (χ0v) is 13.7. The van der Waals surface area contributed by atoms with Crippen LogP contribution in [0.2, 0.25) is 0 Å². The number of carbonyl (C=O) groups is 1. The molecule has 0 radical (unpaired) electrons. The normalized spacial score (nSPS) is 17.4. The maximum atomic E-state index is 12.5. The summed E-state index contributed by atoms with van der Waals surface area (Å²) in [5.74, 6) is 1.30. The fourth-order valence-electron chi connectivity index (χ4n) is 3.07. The lowest BCUT2D eigenvalue weighted by Gasteiger charge is -2.11. The molecule has 1 fully saturated rings. The molecule has 2 heterocycles. The predicted octanol–water partition coefficient (Wildman–Crippen LogP) is 2.10. The van der Waals surface area contributed by atoms with Gasteiger partial charge in [0, 0.05) is 25.6 Å². The number of carbonyl (C=O) groups excluding carboxylic acids is 1. The van der Waals surface area contributed by atoms with Crippen LogP contribution in [-0.4, -0.2) is 43.9 Å². The van der Waals surface area contributed by atoms with Crippen molar-refractivity contribution in [3.63, 3.8) is 0 Å². The summed E-state index contributed by atoms with van der Waals surface area (Å²) in [7, 11) is 5.09. The van der Waals surface area contributed by atoms with Gasteiger partial charge in [0.2, 0.25) is 0 Å². The van der Waals surface area contributed by atoms with Gasteiger partial charge >= 0.3 is 0 Å². The van der Waals surface area contributed by atoms with Crippen LogP contribution in [-0.2, 0) is 11.8 Å². The molecule has 1 aliphatic rings. The Kier molecular flexibility index (Phi) is 4.43. The summed E-state index contributed by atoms with van der Waals surface area (Å²) < 4.78 is 18.2. The molecule has 0 saturated carbocycles. The lowest BCUT2D eigenvalue weighted by molar-refractivity contribution is 0.0851.